The van der Waals surface area contributed by atoms with Gasteiger partial charge in [0.05, 0.1) is 20.4 Å². The van der Waals surface area contributed by atoms with E-state index in [9.17, 15) is 0 Å². The van der Waals surface area contributed by atoms with Crippen LogP contribution in [0.2, 0.25) is 0 Å². The highest BCUT2D eigenvalue weighted by atomic mass is 32.1. The smallest absolute Gasteiger partial charge is 0.205 e. The molecule has 0 fully saturated rings. The van der Waals surface area contributed by atoms with Gasteiger partial charge in [0.15, 0.2) is 11.5 Å². The summed E-state index contributed by atoms with van der Waals surface area (Å²) in [6, 6.07) is 13.9. The molecular formula is C18H18N4O2S. The Hall–Kier alpha value is -3.06. The third-order valence-corrected chi connectivity index (χ3v) is 4.26. The third-order valence-electron chi connectivity index (χ3n) is 3.50. The maximum Gasteiger partial charge on any atom is 0.205 e. The zero-order chi connectivity index (χ0) is 17.6. The summed E-state index contributed by atoms with van der Waals surface area (Å²) in [4.78, 5) is 4.09. The first-order valence-electron chi connectivity index (χ1n) is 7.52. The molecule has 0 aliphatic heterocycles. The largest absolute Gasteiger partial charge is 0.493 e. The summed E-state index contributed by atoms with van der Waals surface area (Å²) in [6.45, 7) is 0. The number of thiazole rings is 1. The molecule has 3 N–H and O–H groups in total. The molecule has 25 heavy (non-hydrogen) atoms. The average Bonchev–Trinajstić information content (AvgIpc) is 3.06. The number of hydrogen-bond donors (Lipinski definition) is 2. The van der Waals surface area contributed by atoms with E-state index in [1.165, 1.54) is 11.3 Å². The van der Waals surface area contributed by atoms with Crippen molar-refractivity contribution in [3.05, 3.63) is 53.4 Å². The fraction of sp³-hybridized carbons (Fsp3) is 0.111. The molecule has 0 unspecified atom stereocenters. The van der Waals surface area contributed by atoms with Crippen LogP contribution in [0.25, 0.3) is 11.1 Å². The lowest BCUT2D eigenvalue weighted by molar-refractivity contribution is 0.355. The van der Waals surface area contributed by atoms with Gasteiger partial charge in [-0.05, 0) is 34.9 Å². The molecule has 0 saturated heterocycles. The van der Waals surface area contributed by atoms with E-state index in [0.29, 0.717) is 22.4 Å². The van der Waals surface area contributed by atoms with Gasteiger partial charge in [0, 0.05) is 5.38 Å². The maximum atomic E-state index is 5.58. The van der Waals surface area contributed by atoms with Crippen molar-refractivity contribution >= 4 is 28.5 Å². The molecule has 7 heteroatoms. The van der Waals surface area contributed by atoms with Gasteiger partial charge in [-0.1, -0.05) is 24.3 Å². The monoisotopic (exact) mass is 354 g/mol. The SMILES string of the molecule is COc1ccc(-c2cccc(C=NNc3nc(N)cs3)c2)cc1OC. The number of methoxy groups -OCH3 is 2. The van der Waals surface area contributed by atoms with Crippen molar-refractivity contribution in [2.45, 2.75) is 0 Å². The summed E-state index contributed by atoms with van der Waals surface area (Å²) < 4.78 is 10.6. The number of nitrogens with zero attached hydrogens (tertiary/aromatic N) is 2. The van der Waals surface area contributed by atoms with Gasteiger partial charge in [-0.3, -0.25) is 5.43 Å². The second kappa shape index (κ2) is 7.67. The van der Waals surface area contributed by atoms with Crippen LogP contribution in [0, 0.1) is 0 Å². The lowest BCUT2D eigenvalue weighted by Gasteiger charge is -2.10. The number of anilines is 2. The fourth-order valence-electron chi connectivity index (χ4n) is 2.31. The number of aromatic nitrogens is 1. The van der Waals surface area contributed by atoms with Crippen LogP contribution in [0.1, 0.15) is 5.56 Å². The van der Waals surface area contributed by atoms with Crippen LogP contribution in [0.4, 0.5) is 10.9 Å². The second-order valence-electron chi connectivity index (χ2n) is 5.14. The molecule has 0 aliphatic carbocycles. The Kier molecular flexibility index (Phi) is 5.15. The van der Waals surface area contributed by atoms with E-state index in [2.05, 4.69) is 15.5 Å². The molecule has 1 heterocycles. The molecule has 2 aromatic carbocycles. The van der Waals surface area contributed by atoms with Crippen LogP contribution in [0.15, 0.2) is 52.9 Å². The maximum absolute atomic E-state index is 5.58. The van der Waals surface area contributed by atoms with Crippen molar-refractivity contribution in [3.63, 3.8) is 0 Å². The molecule has 3 rings (SSSR count). The number of hydrazone groups is 1. The highest BCUT2D eigenvalue weighted by molar-refractivity contribution is 7.14. The van der Waals surface area contributed by atoms with E-state index in [0.717, 1.165) is 16.7 Å². The van der Waals surface area contributed by atoms with E-state index in [1.807, 2.05) is 42.5 Å². The van der Waals surface area contributed by atoms with Gasteiger partial charge in [0.2, 0.25) is 5.13 Å². The van der Waals surface area contributed by atoms with Crippen molar-refractivity contribution in [1.29, 1.82) is 0 Å². The minimum Gasteiger partial charge on any atom is -0.493 e. The number of benzene rings is 2. The molecule has 0 radical (unpaired) electrons. The van der Waals surface area contributed by atoms with Gasteiger partial charge in [0.25, 0.3) is 0 Å². The first-order valence-corrected chi connectivity index (χ1v) is 8.40. The normalized spacial score (nSPS) is 10.8. The van der Waals surface area contributed by atoms with Crippen molar-refractivity contribution in [2.75, 3.05) is 25.4 Å². The van der Waals surface area contributed by atoms with Gasteiger partial charge in [-0.15, -0.1) is 11.3 Å². The minimum absolute atomic E-state index is 0.484. The second-order valence-corrected chi connectivity index (χ2v) is 6.00. The van der Waals surface area contributed by atoms with Crippen LogP contribution >= 0.6 is 11.3 Å². The predicted octanol–water partition coefficient (Wildman–Crippen LogP) is 3.86. The van der Waals surface area contributed by atoms with Crippen molar-refractivity contribution < 1.29 is 9.47 Å². The van der Waals surface area contributed by atoms with Crippen LogP contribution in [-0.4, -0.2) is 25.4 Å². The number of nitrogens with two attached hydrogens (primary N) is 1. The molecule has 0 amide bonds. The van der Waals surface area contributed by atoms with E-state index in [-0.39, 0.29) is 0 Å². The number of nitrogens with one attached hydrogen (secondary N) is 1. The molecule has 0 aliphatic rings. The first kappa shape index (κ1) is 16.8. The average molecular weight is 354 g/mol. The molecule has 1 aromatic heterocycles. The van der Waals surface area contributed by atoms with Crippen LogP contribution in [-0.2, 0) is 0 Å². The Morgan fingerprint density at radius 3 is 2.60 bits per heavy atom. The van der Waals surface area contributed by atoms with Crippen molar-refractivity contribution in [3.8, 4) is 22.6 Å². The van der Waals surface area contributed by atoms with Crippen LogP contribution < -0.4 is 20.6 Å². The summed E-state index contributed by atoms with van der Waals surface area (Å²) in [7, 11) is 3.25. The zero-order valence-electron chi connectivity index (χ0n) is 13.9. The highest BCUT2D eigenvalue weighted by Crippen LogP contribution is 2.32. The van der Waals surface area contributed by atoms with E-state index in [4.69, 9.17) is 15.2 Å². The number of hydrogen-bond acceptors (Lipinski definition) is 7. The molecule has 3 aromatic rings. The van der Waals surface area contributed by atoms with Crippen molar-refractivity contribution in [1.82, 2.24) is 4.98 Å². The molecular weight excluding hydrogens is 336 g/mol. The van der Waals surface area contributed by atoms with Gasteiger partial charge in [-0.25, -0.2) is 4.98 Å². The zero-order valence-corrected chi connectivity index (χ0v) is 14.7. The molecule has 0 spiro atoms. The quantitative estimate of drug-likeness (QED) is 0.519. The number of rotatable bonds is 6. The summed E-state index contributed by atoms with van der Waals surface area (Å²) in [5.41, 5.74) is 11.5. The summed E-state index contributed by atoms with van der Waals surface area (Å²) in [6.07, 6.45) is 1.74. The minimum atomic E-state index is 0.484. The van der Waals surface area contributed by atoms with Gasteiger partial charge in [0.1, 0.15) is 5.82 Å². The van der Waals surface area contributed by atoms with Crippen LogP contribution in [0.5, 0.6) is 11.5 Å². The van der Waals surface area contributed by atoms with E-state index < -0.39 is 0 Å². The molecule has 0 saturated carbocycles. The van der Waals surface area contributed by atoms with Crippen molar-refractivity contribution in [2.24, 2.45) is 5.10 Å². The first-order chi connectivity index (χ1) is 12.2. The molecule has 0 bridgehead atoms. The summed E-state index contributed by atoms with van der Waals surface area (Å²) in [5.74, 6) is 1.89. The Morgan fingerprint density at radius 1 is 1.08 bits per heavy atom. The number of nitrogen functional groups attached to an aromatic ring is 1. The topological polar surface area (TPSA) is 81.8 Å². The third kappa shape index (κ3) is 4.07. The molecule has 0 atom stereocenters. The Labute approximate surface area is 149 Å². The summed E-state index contributed by atoms with van der Waals surface area (Å²) in [5, 5.41) is 6.61. The number of ether oxygens (including phenoxy) is 2. The Balaban J connectivity index is 1.79. The summed E-state index contributed by atoms with van der Waals surface area (Å²) >= 11 is 1.41. The Bertz CT molecular complexity index is 892. The highest BCUT2D eigenvalue weighted by Gasteiger charge is 2.06. The van der Waals surface area contributed by atoms with Crippen LogP contribution in [0.3, 0.4) is 0 Å². The van der Waals surface area contributed by atoms with E-state index in [1.54, 1.807) is 25.8 Å². The molecule has 128 valence electrons. The lowest BCUT2D eigenvalue weighted by Crippen LogP contribution is -1.92. The van der Waals surface area contributed by atoms with Gasteiger partial charge < -0.3 is 15.2 Å². The Morgan fingerprint density at radius 2 is 1.88 bits per heavy atom. The van der Waals surface area contributed by atoms with Gasteiger partial charge >= 0.3 is 0 Å². The standard InChI is InChI=1S/C18H18N4O2S/c1-23-15-7-6-14(9-16(15)24-2)13-5-3-4-12(8-13)10-20-22-18-21-17(19)11-25-18/h3-11H,19H2,1-2H3,(H,21,22). The molecule has 6 nitrogen and oxygen atoms in total. The van der Waals surface area contributed by atoms with Gasteiger partial charge in [-0.2, -0.15) is 5.10 Å². The predicted molar refractivity (Wildman–Crippen MR) is 103 cm³/mol. The van der Waals surface area contributed by atoms with E-state index >= 15 is 0 Å². The fourth-order valence-corrected chi connectivity index (χ4v) is 2.86. The lowest BCUT2D eigenvalue weighted by atomic mass is 10.0.